The fraction of sp³-hybridized carbons (Fsp3) is 0.381. The van der Waals surface area contributed by atoms with E-state index in [9.17, 15) is 15.2 Å². The zero-order valence-corrected chi connectivity index (χ0v) is 15.8. The lowest BCUT2D eigenvalue weighted by atomic mass is 10.1. The summed E-state index contributed by atoms with van der Waals surface area (Å²) in [5.74, 6) is -0.129. The minimum atomic E-state index is -0.442. The molecule has 0 bridgehead atoms. The summed E-state index contributed by atoms with van der Waals surface area (Å²) in [5, 5.41) is 20.0. The normalized spacial score (nSPS) is 11.0. The summed E-state index contributed by atoms with van der Waals surface area (Å²) in [7, 11) is 0. The first kappa shape index (κ1) is 19.5. The molecule has 26 heavy (non-hydrogen) atoms. The van der Waals surface area contributed by atoms with E-state index < -0.39 is 5.56 Å². The van der Waals surface area contributed by atoms with Gasteiger partial charge in [-0.25, -0.2) is 0 Å². The molecule has 5 nitrogen and oxygen atoms in total. The van der Waals surface area contributed by atoms with Gasteiger partial charge in [0.2, 0.25) is 5.88 Å². The van der Waals surface area contributed by atoms with E-state index in [-0.39, 0.29) is 11.4 Å². The average Bonchev–Trinajstić information content (AvgIpc) is 2.60. The molecule has 0 radical (unpaired) electrons. The van der Waals surface area contributed by atoms with Crippen LogP contribution in [0.2, 0.25) is 0 Å². The molecule has 0 spiro atoms. The highest BCUT2D eigenvalue weighted by Crippen LogP contribution is 2.23. The van der Waals surface area contributed by atoms with Gasteiger partial charge in [-0.3, -0.25) is 14.4 Å². The third kappa shape index (κ3) is 4.02. The molecule has 0 saturated carbocycles. The van der Waals surface area contributed by atoms with E-state index in [1.807, 2.05) is 38.1 Å². The van der Waals surface area contributed by atoms with Gasteiger partial charge in [-0.15, -0.1) is 0 Å². The molecule has 2 aromatic rings. The number of rotatable bonds is 6. The van der Waals surface area contributed by atoms with Crippen LogP contribution in [0.1, 0.15) is 54.0 Å². The molecule has 1 aromatic heterocycles. The summed E-state index contributed by atoms with van der Waals surface area (Å²) in [6.07, 6.45) is 4.27. The first-order chi connectivity index (χ1) is 12.4. The Labute approximate surface area is 154 Å². The van der Waals surface area contributed by atoms with E-state index in [1.54, 1.807) is 13.1 Å². The molecule has 5 heteroatoms. The molecule has 0 fully saturated rings. The van der Waals surface area contributed by atoms with Gasteiger partial charge in [0.05, 0.1) is 11.3 Å². The van der Waals surface area contributed by atoms with Crippen molar-refractivity contribution in [3.05, 3.63) is 56.4 Å². The molecule has 0 aliphatic heterocycles. The quantitative estimate of drug-likeness (QED) is 0.623. The number of hydrogen-bond donors (Lipinski definition) is 1. The lowest BCUT2D eigenvalue weighted by molar-refractivity contribution is 0.398. The van der Waals surface area contributed by atoms with Crippen LogP contribution in [0, 0.1) is 32.1 Å². The highest BCUT2D eigenvalue weighted by Gasteiger charge is 2.17. The molecule has 1 N–H and O–H groups in total. The Hall–Kier alpha value is -2.87. The van der Waals surface area contributed by atoms with E-state index in [0.29, 0.717) is 17.7 Å². The molecule has 0 amide bonds. The molecular formula is C21H25N3O2. The molecule has 2 rings (SSSR count). The predicted octanol–water partition coefficient (Wildman–Crippen LogP) is 4.29. The lowest BCUT2D eigenvalue weighted by Gasteiger charge is -2.14. The molecular weight excluding hydrogens is 326 g/mol. The van der Waals surface area contributed by atoms with Crippen molar-refractivity contribution >= 4 is 11.9 Å². The van der Waals surface area contributed by atoms with Crippen LogP contribution in [-0.4, -0.2) is 15.9 Å². The Morgan fingerprint density at radius 2 is 2.00 bits per heavy atom. The smallest absolute Gasteiger partial charge is 0.271 e. The van der Waals surface area contributed by atoms with Crippen LogP contribution in [-0.2, 0) is 6.54 Å². The number of unbranched alkanes of at least 4 members (excludes halogenated alkanes) is 2. The monoisotopic (exact) mass is 351 g/mol. The van der Waals surface area contributed by atoms with Gasteiger partial charge in [0.15, 0.2) is 0 Å². The molecule has 1 heterocycles. The first-order valence-corrected chi connectivity index (χ1v) is 8.88. The molecule has 0 saturated heterocycles. The Kier molecular flexibility index (Phi) is 6.35. The van der Waals surface area contributed by atoms with Crippen LogP contribution in [0.4, 0.5) is 5.69 Å². The molecule has 0 atom stereocenters. The molecule has 0 aliphatic rings. The van der Waals surface area contributed by atoms with Crippen LogP contribution < -0.4 is 5.56 Å². The van der Waals surface area contributed by atoms with Crippen LogP contribution >= 0.6 is 0 Å². The topological polar surface area (TPSA) is 78.4 Å². The molecule has 136 valence electrons. The van der Waals surface area contributed by atoms with E-state index in [1.165, 1.54) is 4.57 Å². The van der Waals surface area contributed by atoms with Gasteiger partial charge in [-0.2, -0.15) is 5.26 Å². The van der Waals surface area contributed by atoms with Crippen molar-refractivity contribution in [3.63, 3.8) is 0 Å². The van der Waals surface area contributed by atoms with Gasteiger partial charge in [0.25, 0.3) is 5.56 Å². The van der Waals surface area contributed by atoms with E-state index in [4.69, 9.17) is 0 Å². The summed E-state index contributed by atoms with van der Waals surface area (Å²) in [5.41, 5.74) is 3.44. The maximum atomic E-state index is 12.5. The maximum Gasteiger partial charge on any atom is 0.271 e. The number of aliphatic imine (C=N–C) groups is 1. The molecule has 0 aliphatic carbocycles. The van der Waals surface area contributed by atoms with Gasteiger partial charge in [-0.05, 0) is 44.4 Å². The van der Waals surface area contributed by atoms with E-state index >= 15 is 0 Å². The van der Waals surface area contributed by atoms with Gasteiger partial charge in [0, 0.05) is 12.8 Å². The predicted molar refractivity (Wildman–Crippen MR) is 105 cm³/mol. The van der Waals surface area contributed by atoms with Gasteiger partial charge in [0.1, 0.15) is 11.6 Å². The summed E-state index contributed by atoms with van der Waals surface area (Å²) in [6.45, 7) is 8.11. The second kappa shape index (κ2) is 8.48. The fourth-order valence-corrected chi connectivity index (χ4v) is 2.94. The molecule has 1 aromatic carbocycles. The number of aromatic nitrogens is 1. The van der Waals surface area contributed by atoms with Crippen molar-refractivity contribution in [2.45, 2.75) is 53.5 Å². The van der Waals surface area contributed by atoms with E-state index in [0.717, 1.165) is 36.1 Å². The van der Waals surface area contributed by atoms with Gasteiger partial charge in [-0.1, -0.05) is 37.5 Å². The number of benzene rings is 1. The maximum absolute atomic E-state index is 12.5. The lowest BCUT2D eigenvalue weighted by Crippen LogP contribution is -2.25. The van der Waals surface area contributed by atoms with Crippen LogP contribution in [0.25, 0.3) is 0 Å². The van der Waals surface area contributed by atoms with Crippen molar-refractivity contribution in [2.24, 2.45) is 4.99 Å². The summed E-state index contributed by atoms with van der Waals surface area (Å²) < 4.78 is 1.28. The van der Waals surface area contributed by atoms with Crippen molar-refractivity contribution < 1.29 is 5.11 Å². The Morgan fingerprint density at radius 3 is 2.62 bits per heavy atom. The Balaban J connectivity index is 2.53. The number of aromatic hydroxyl groups is 1. The van der Waals surface area contributed by atoms with Crippen molar-refractivity contribution in [3.8, 4) is 11.9 Å². The SMILES string of the molecule is CCCCCn1c(O)c(C=Nc2ccc(C)cc2C)c(C)c(C#N)c1=O. The van der Waals surface area contributed by atoms with Crippen LogP contribution in [0.15, 0.2) is 28.0 Å². The second-order valence-electron chi connectivity index (χ2n) is 6.56. The van der Waals surface area contributed by atoms with Crippen LogP contribution in [0.3, 0.4) is 0 Å². The highest BCUT2D eigenvalue weighted by molar-refractivity contribution is 5.87. The fourth-order valence-electron chi connectivity index (χ4n) is 2.94. The van der Waals surface area contributed by atoms with Crippen molar-refractivity contribution in [1.82, 2.24) is 4.57 Å². The summed E-state index contributed by atoms with van der Waals surface area (Å²) >= 11 is 0. The minimum absolute atomic E-state index is 0.0568. The number of nitrogens with zero attached hydrogens (tertiary/aromatic N) is 3. The second-order valence-corrected chi connectivity index (χ2v) is 6.56. The third-order valence-corrected chi connectivity index (χ3v) is 4.52. The number of aryl methyl sites for hydroxylation is 2. The van der Waals surface area contributed by atoms with Crippen LogP contribution in [0.5, 0.6) is 5.88 Å². The summed E-state index contributed by atoms with van der Waals surface area (Å²) in [6, 6.07) is 7.89. The Bertz CT molecular complexity index is 934. The Morgan fingerprint density at radius 1 is 1.27 bits per heavy atom. The average molecular weight is 351 g/mol. The minimum Gasteiger partial charge on any atom is -0.494 e. The van der Waals surface area contributed by atoms with Gasteiger partial charge >= 0.3 is 0 Å². The molecule has 0 unspecified atom stereocenters. The number of pyridine rings is 1. The van der Waals surface area contributed by atoms with E-state index in [2.05, 4.69) is 11.9 Å². The third-order valence-electron chi connectivity index (χ3n) is 4.52. The zero-order valence-electron chi connectivity index (χ0n) is 15.8. The highest BCUT2D eigenvalue weighted by atomic mass is 16.3. The van der Waals surface area contributed by atoms with Gasteiger partial charge < -0.3 is 5.11 Å². The number of hydrogen-bond acceptors (Lipinski definition) is 4. The van der Waals surface area contributed by atoms with Crippen molar-refractivity contribution in [1.29, 1.82) is 5.26 Å². The first-order valence-electron chi connectivity index (χ1n) is 8.88. The number of nitriles is 1. The largest absolute Gasteiger partial charge is 0.494 e. The zero-order chi connectivity index (χ0) is 19.3. The standard InChI is InChI=1S/C21H25N3O2/c1-5-6-7-10-24-20(25)17(12-22)16(4)18(21(24)26)13-23-19-9-8-14(2)11-15(19)3/h8-9,11,13,26H,5-7,10H2,1-4H3. The van der Waals surface area contributed by atoms with Crippen molar-refractivity contribution in [2.75, 3.05) is 0 Å². The summed E-state index contributed by atoms with van der Waals surface area (Å²) in [4.78, 5) is 17.0.